The lowest BCUT2D eigenvalue weighted by Crippen LogP contribution is -1.93. The third-order valence-corrected chi connectivity index (χ3v) is 1.26. The molecule has 1 fully saturated rings. The average molecular weight is 188 g/mol. The lowest BCUT2D eigenvalue weighted by molar-refractivity contribution is -0.134. The van der Waals surface area contributed by atoms with Crippen LogP contribution in [0, 0.1) is 0 Å². The maximum Gasteiger partial charge on any atom is 0.330 e. The summed E-state index contributed by atoms with van der Waals surface area (Å²) in [7, 11) is 1.36. The molecule has 1 aliphatic rings. The van der Waals surface area contributed by atoms with E-state index in [0.29, 0.717) is 6.10 Å². The van der Waals surface area contributed by atoms with E-state index in [1.807, 2.05) is 0 Å². The van der Waals surface area contributed by atoms with E-state index < -0.39 is 0 Å². The van der Waals surface area contributed by atoms with Crippen molar-refractivity contribution >= 4 is 5.97 Å². The predicted molar refractivity (Wildman–Crippen MR) is 48.3 cm³/mol. The number of esters is 1. The van der Waals surface area contributed by atoms with Crippen LogP contribution in [-0.2, 0) is 14.3 Å². The van der Waals surface area contributed by atoms with Crippen molar-refractivity contribution in [2.24, 2.45) is 0 Å². The Morgan fingerprint density at radius 1 is 1.77 bits per heavy atom. The highest BCUT2D eigenvalue weighted by Crippen LogP contribution is 2.13. The smallest absolute Gasteiger partial charge is 0.330 e. The Hall–Kier alpha value is -0.870. The number of aliphatic hydroxyl groups excluding tert-OH is 1. The van der Waals surface area contributed by atoms with E-state index in [4.69, 9.17) is 9.84 Å². The van der Waals surface area contributed by atoms with Crippen LogP contribution in [-0.4, -0.2) is 37.5 Å². The summed E-state index contributed by atoms with van der Waals surface area (Å²) in [6.45, 7) is 2.76. The van der Waals surface area contributed by atoms with Gasteiger partial charge in [-0.15, -0.1) is 0 Å². The van der Waals surface area contributed by atoms with Crippen LogP contribution in [0.5, 0.6) is 0 Å². The number of hydrogen-bond acceptors (Lipinski definition) is 4. The van der Waals surface area contributed by atoms with Gasteiger partial charge in [0.15, 0.2) is 0 Å². The van der Waals surface area contributed by atoms with Crippen LogP contribution in [0.4, 0.5) is 0 Å². The van der Waals surface area contributed by atoms with Crippen LogP contribution in [0.2, 0.25) is 0 Å². The van der Waals surface area contributed by atoms with Gasteiger partial charge >= 0.3 is 5.97 Å². The van der Waals surface area contributed by atoms with Gasteiger partial charge in [-0.05, 0) is 13.3 Å². The fourth-order valence-electron chi connectivity index (χ4n) is 0.588. The lowest BCUT2D eigenvalue weighted by Gasteiger charge is -1.87. The van der Waals surface area contributed by atoms with Crippen molar-refractivity contribution < 1.29 is 19.4 Å². The third kappa shape index (κ3) is 9.04. The topological polar surface area (TPSA) is 59.1 Å². The molecule has 1 aliphatic heterocycles. The van der Waals surface area contributed by atoms with Crippen LogP contribution in [0.1, 0.15) is 13.3 Å². The number of carbonyl (C=O) groups excluding carboxylic acids is 1. The summed E-state index contributed by atoms with van der Waals surface area (Å²) < 4.78 is 9.31. The molecule has 1 rings (SSSR count). The number of aliphatic hydroxyl groups is 1. The quantitative estimate of drug-likeness (QED) is 0.398. The van der Waals surface area contributed by atoms with E-state index in [1.54, 1.807) is 13.0 Å². The molecule has 0 aromatic rings. The summed E-state index contributed by atoms with van der Waals surface area (Å²) in [5, 5.41) is 7.57. The van der Waals surface area contributed by atoms with E-state index in [9.17, 15) is 4.79 Å². The monoisotopic (exact) mass is 188 g/mol. The molecule has 4 heteroatoms. The summed E-state index contributed by atoms with van der Waals surface area (Å²) in [5.41, 5.74) is 0. The molecule has 4 nitrogen and oxygen atoms in total. The van der Waals surface area contributed by atoms with Gasteiger partial charge in [0, 0.05) is 12.7 Å². The molecule has 0 radical (unpaired) electrons. The molecule has 0 aromatic heterocycles. The molecule has 0 aliphatic carbocycles. The number of rotatable bonds is 3. The Labute approximate surface area is 78.2 Å². The number of hydrogen-bond donors (Lipinski definition) is 1. The molecule has 0 saturated carbocycles. The molecule has 1 saturated heterocycles. The second kappa shape index (κ2) is 7.76. The molecule has 0 aromatic carbocycles. The first-order chi connectivity index (χ1) is 6.24. The van der Waals surface area contributed by atoms with Gasteiger partial charge in [-0.2, -0.15) is 0 Å². The number of ether oxygens (including phenoxy) is 2. The first kappa shape index (κ1) is 12.1. The van der Waals surface area contributed by atoms with Crippen molar-refractivity contribution in [2.45, 2.75) is 19.4 Å². The number of carbonyl (C=O) groups is 1. The first-order valence-corrected chi connectivity index (χ1v) is 4.21. The summed E-state index contributed by atoms with van der Waals surface area (Å²) >= 11 is 0. The highest BCUT2D eigenvalue weighted by molar-refractivity contribution is 5.81. The fraction of sp³-hybridized carbons (Fsp3) is 0.667. The molecule has 1 heterocycles. The molecule has 0 bridgehead atoms. The Kier molecular flexibility index (Phi) is 7.24. The molecule has 0 spiro atoms. The Bertz CT molecular complexity index is 161. The SMILES string of the molecule is CCO.COC(=O)C=CCC1CO1. The van der Waals surface area contributed by atoms with E-state index >= 15 is 0 Å². The van der Waals surface area contributed by atoms with Crippen LogP contribution in [0.15, 0.2) is 12.2 Å². The van der Waals surface area contributed by atoms with Crippen molar-refractivity contribution in [1.29, 1.82) is 0 Å². The largest absolute Gasteiger partial charge is 0.466 e. The number of methoxy groups -OCH3 is 1. The molecular formula is C9H16O4. The second-order valence-corrected chi connectivity index (χ2v) is 2.43. The maximum absolute atomic E-state index is 10.5. The van der Waals surface area contributed by atoms with Gasteiger partial charge in [0.25, 0.3) is 0 Å². The first-order valence-electron chi connectivity index (χ1n) is 4.21. The van der Waals surface area contributed by atoms with Crippen LogP contribution >= 0.6 is 0 Å². The predicted octanol–water partition coefficient (Wildman–Crippen LogP) is 0.503. The van der Waals surface area contributed by atoms with E-state index in [0.717, 1.165) is 13.0 Å². The molecule has 1 N–H and O–H groups in total. The molecular weight excluding hydrogens is 172 g/mol. The maximum atomic E-state index is 10.5. The zero-order valence-corrected chi connectivity index (χ0v) is 8.03. The standard InChI is InChI=1S/C7H10O3.C2H6O/c1-9-7(8)4-2-3-6-5-10-6;1-2-3/h2,4,6H,3,5H2,1H3;3H,2H2,1H3. The van der Waals surface area contributed by atoms with E-state index in [1.165, 1.54) is 13.2 Å². The third-order valence-electron chi connectivity index (χ3n) is 1.26. The normalized spacial score (nSPS) is 19.2. The van der Waals surface area contributed by atoms with Crippen molar-refractivity contribution in [3.63, 3.8) is 0 Å². The van der Waals surface area contributed by atoms with Crippen LogP contribution in [0.3, 0.4) is 0 Å². The van der Waals surface area contributed by atoms with Crippen LogP contribution < -0.4 is 0 Å². The minimum absolute atomic E-state index is 0.250. The Balaban J connectivity index is 0.000000424. The zero-order valence-electron chi connectivity index (χ0n) is 8.03. The minimum atomic E-state index is -0.305. The minimum Gasteiger partial charge on any atom is -0.466 e. The van der Waals surface area contributed by atoms with Crippen molar-refractivity contribution in [1.82, 2.24) is 0 Å². The molecule has 1 atom stereocenters. The highest BCUT2D eigenvalue weighted by Gasteiger charge is 2.19. The summed E-state index contributed by atoms with van der Waals surface area (Å²) in [5.74, 6) is -0.305. The van der Waals surface area contributed by atoms with E-state index in [2.05, 4.69) is 4.74 Å². The van der Waals surface area contributed by atoms with Crippen molar-refractivity contribution in [3.05, 3.63) is 12.2 Å². The molecule has 13 heavy (non-hydrogen) atoms. The van der Waals surface area contributed by atoms with Gasteiger partial charge in [-0.3, -0.25) is 0 Å². The fourth-order valence-corrected chi connectivity index (χ4v) is 0.588. The van der Waals surface area contributed by atoms with E-state index in [-0.39, 0.29) is 12.6 Å². The average Bonchev–Trinajstić information content (AvgIpc) is 2.89. The van der Waals surface area contributed by atoms with Crippen LogP contribution in [0.25, 0.3) is 0 Å². The zero-order chi connectivity index (χ0) is 10.1. The lowest BCUT2D eigenvalue weighted by atomic mass is 10.3. The van der Waals surface area contributed by atoms with Gasteiger partial charge < -0.3 is 14.6 Å². The Morgan fingerprint density at radius 2 is 2.31 bits per heavy atom. The summed E-state index contributed by atoms with van der Waals surface area (Å²) in [4.78, 5) is 10.5. The molecule has 1 unspecified atom stereocenters. The van der Waals surface area contributed by atoms with Crippen molar-refractivity contribution in [3.8, 4) is 0 Å². The highest BCUT2D eigenvalue weighted by atomic mass is 16.6. The van der Waals surface area contributed by atoms with Gasteiger partial charge in [-0.1, -0.05) is 6.08 Å². The summed E-state index contributed by atoms with van der Waals surface area (Å²) in [6, 6.07) is 0. The Morgan fingerprint density at radius 3 is 2.69 bits per heavy atom. The molecule has 0 amide bonds. The van der Waals surface area contributed by atoms with Gasteiger partial charge in [0.1, 0.15) is 0 Å². The second-order valence-electron chi connectivity index (χ2n) is 2.43. The molecule has 76 valence electrons. The summed E-state index contributed by atoms with van der Waals surface area (Å²) in [6.07, 6.45) is 4.35. The van der Waals surface area contributed by atoms with Crippen molar-refractivity contribution in [2.75, 3.05) is 20.3 Å². The van der Waals surface area contributed by atoms with Gasteiger partial charge in [0.2, 0.25) is 0 Å². The number of epoxide rings is 1. The van der Waals surface area contributed by atoms with Gasteiger partial charge in [0.05, 0.1) is 19.8 Å². The van der Waals surface area contributed by atoms with Gasteiger partial charge in [-0.25, -0.2) is 4.79 Å².